The molecule has 1 saturated heterocycles. The van der Waals surface area contributed by atoms with E-state index in [9.17, 15) is 4.79 Å². The van der Waals surface area contributed by atoms with E-state index in [0.29, 0.717) is 46.2 Å². The summed E-state index contributed by atoms with van der Waals surface area (Å²) < 4.78 is 45.7. The summed E-state index contributed by atoms with van der Waals surface area (Å²) in [5.41, 5.74) is -0.157. The minimum atomic E-state index is -2.37. The number of hydrogen-bond donors (Lipinski definition) is 1. The second kappa shape index (κ2) is 8.10. The standard InChI is InChI=1S/C26H29N3O3/c1-17-6-7-19(32-16-18-8-12-29(18)2)13-22(17)25(30)28-26(9-10-26)23-14-20(31-3)15-24-21(23)5-4-11-27-24/h4-7,11,13-15,18H,8-10,12,16H2,1-3H3,(H,28,30)/i9D2,10D2. The van der Waals surface area contributed by atoms with Crippen molar-refractivity contribution in [2.24, 2.45) is 0 Å². The first-order valence-electron chi connectivity index (χ1n) is 12.7. The molecular weight excluding hydrogens is 402 g/mol. The normalized spacial score (nSPS) is 24.3. The van der Waals surface area contributed by atoms with Gasteiger partial charge in [0.25, 0.3) is 5.91 Å². The number of carbonyl (C=O) groups excluding carboxylic acids is 1. The molecule has 0 spiro atoms. The van der Waals surface area contributed by atoms with Crippen molar-refractivity contribution < 1.29 is 19.8 Å². The lowest BCUT2D eigenvalue weighted by Crippen LogP contribution is -2.48. The maximum absolute atomic E-state index is 13.6. The number of aromatic nitrogens is 1. The smallest absolute Gasteiger partial charge is 0.252 e. The Morgan fingerprint density at radius 2 is 2.12 bits per heavy atom. The zero-order valence-electron chi connectivity index (χ0n) is 22.4. The highest BCUT2D eigenvalue weighted by Gasteiger charge is 2.47. The number of fused-ring (bicyclic) bond motifs is 1. The molecule has 1 amide bonds. The molecular formula is C26H29N3O3. The molecule has 0 bridgehead atoms. The Morgan fingerprint density at radius 1 is 1.28 bits per heavy atom. The Bertz CT molecular complexity index is 1330. The van der Waals surface area contributed by atoms with E-state index in [2.05, 4.69) is 15.2 Å². The maximum Gasteiger partial charge on any atom is 0.252 e. The molecule has 1 aliphatic carbocycles. The van der Waals surface area contributed by atoms with E-state index in [1.54, 1.807) is 55.6 Å². The minimum Gasteiger partial charge on any atom is -0.497 e. The van der Waals surface area contributed by atoms with Crippen LogP contribution in [0.2, 0.25) is 0 Å². The van der Waals surface area contributed by atoms with Gasteiger partial charge in [0.1, 0.15) is 18.1 Å². The fourth-order valence-electron chi connectivity index (χ4n) is 4.06. The number of benzene rings is 2. The summed E-state index contributed by atoms with van der Waals surface area (Å²) in [6.45, 7) is 3.33. The molecule has 2 aromatic carbocycles. The Balaban J connectivity index is 1.53. The number of nitrogens with one attached hydrogen (secondary N) is 1. The van der Waals surface area contributed by atoms with E-state index in [4.69, 9.17) is 15.0 Å². The van der Waals surface area contributed by atoms with Crippen LogP contribution >= 0.6 is 0 Å². The number of pyridine rings is 1. The highest BCUT2D eigenvalue weighted by molar-refractivity contribution is 5.97. The summed E-state index contributed by atoms with van der Waals surface area (Å²) >= 11 is 0. The fourth-order valence-corrected chi connectivity index (χ4v) is 4.06. The topological polar surface area (TPSA) is 63.7 Å². The first-order valence-corrected chi connectivity index (χ1v) is 10.7. The molecule has 1 N–H and O–H groups in total. The molecule has 1 saturated carbocycles. The fraction of sp³-hybridized carbons (Fsp3) is 0.385. The summed E-state index contributed by atoms with van der Waals surface area (Å²) in [4.78, 5) is 20.2. The van der Waals surface area contributed by atoms with Crippen LogP contribution in [0.3, 0.4) is 0 Å². The van der Waals surface area contributed by atoms with Gasteiger partial charge in [0.15, 0.2) is 0 Å². The van der Waals surface area contributed by atoms with Crippen molar-refractivity contribution in [3.05, 3.63) is 65.4 Å². The van der Waals surface area contributed by atoms with Crippen molar-refractivity contribution in [1.29, 1.82) is 0 Å². The van der Waals surface area contributed by atoms with Gasteiger partial charge in [0.05, 0.1) is 18.2 Å². The molecule has 6 nitrogen and oxygen atoms in total. The molecule has 1 aromatic heterocycles. The first-order chi connectivity index (χ1) is 17.0. The lowest BCUT2D eigenvalue weighted by Gasteiger charge is -2.37. The van der Waals surface area contributed by atoms with Gasteiger partial charge in [-0.15, -0.1) is 0 Å². The van der Waals surface area contributed by atoms with Gasteiger partial charge in [-0.25, -0.2) is 0 Å². The highest BCUT2D eigenvalue weighted by atomic mass is 16.5. The van der Waals surface area contributed by atoms with E-state index in [1.165, 1.54) is 7.11 Å². The number of rotatable bonds is 7. The van der Waals surface area contributed by atoms with Crippen molar-refractivity contribution in [3.63, 3.8) is 0 Å². The lowest BCUT2D eigenvalue weighted by molar-refractivity contribution is 0.0767. The minimum absolute atomic E-state index is 0.284. The second-order valence-corrected chi connectivity index (χ2v) is 8.41. The monoisotopic (exact) mass is 435 g/mol. The van der Waals surface area contributed by atoms with Gasteiger partial charge in [-0.1, -0.05) is 12.1 Å². The van der Waals surface area contributed by atoms with E-state index in [1.807, 2.05) is 7.05 Å². The highest BCUT2D eigenvalue weighted by Crippen LogP contribution is 2.49. The quantitative estimate of drug-likeness (QED) is 0.607. The molecule has 1 unspecified atom stereocenters. The number of ether oxygens (including phenoxy) is 2. The van der Waals surface area contributed by atoms with E-state index >= 15 is 0 Å². The number of nitrogens with zero attached hydrogens (tertiary/aromatic N) is 2. The third kappa shape index (κ3) is 3.79. The average molecular weight is 436 g/mol. The van der Waals surface area contributed by atoms with E-state index < -0.39 is 24.2 Å². The van der Waals surface area contributed by atoms with E-state index in [-0.39, 0.29) is 5.56 Å². The van der Waals surface area contributed by atoms with Crippen LogP contribution in [0.4, 0.5) is 0 Å². The first kappa shape index (κ1) is 16.5. The van der Waals surface area contributed by atoms with Gasteiger partial charge < -0.3 is 14.8 Å². The van der Waals surface area contributed by atoms with Crippen LogP contribution in [-0.2, 0) is 5.54 Å². The van der Waals surface area contributed by atoms with Crippen LogP contribution in [0.15, 0.2) is 48.7 Å². The summed E-state index contributed by atoms with van der Waals surface area (Å²) in [5.74, 6) is 0.359. The van der Waals surface area contributed by atoms with Gasteiger partial charge in [-0.05, 0) is 75.1 Å². The molecule has 5 rings (SSSR count). The Kier molecular flexibility index (Phi) is 4.18. The number of likely N-dealkylation sites (N-methyl/N-ethyl adjacent to an activating group) is 1. The predicted molar refractivity (Wildman–Crippen MR) is 124 cm³/mol. The lowest BCUT2D eigenvalue weighted by atomic mass is 9.97. The molecule has 166 valence electrons. The number of hydrogen-bond acceptors (Lipinski definition) is 5. The molecule has 2 heterocycles. The number of amides is 1. The molecule has 2 aliphatic rings. The van der Waals surface area contributed by atoms with Crippen molar-refractivity contribution in [2.45, 2.75) is 37.7 Å². The zero-order chi connectivity index (χ0) is 25.9. The number of carbonyl (C=O) groups is 1. The average Bonchev–Trinajstić information content (AvgIpc) is 3.20. The van der Waals surface area contributed by atoms with Gasteiger partial charge in [-0.3, -0.25) is 14.7 Å². The largest absolute Gasteiger partial charge is 0.497 e. The van der Waals surface area contributed by atoms with Crippen LogP contribution in [-0.4, -0.2) is 49.1 Å². The summed E-state index contributed by atoms with van der Waals surface area (Å²) in [6, 6.07) is 12.3. The molecule has 32 heavy (non-hydrogen) atoms. The molecule has 1 aliphatic heterocycles. The van der Waals surface area contributed by atoms with Crippen LogP contribution < -0.4 is 14.8 Å². The van der Waals surface area contributed by atoms with Crippen molar-refractivity contribution in [3.8, 4) is 11.5 Å². The Hall–Kier alpha value is -3.12. The van der Waals surface area contributed by atoms with Gasteiger partial charge in [-0.2, -0.15) is 0 Å². The number of aryl methyl sites for hydroxylation is 1. The summed E-state index contributed by atoms with van der Waals surface area (Å²) in [5, 5.41) is 3.29. The molecule has 0 radical (unpaired) electrons. The van der Waals surface area contributed by atoms with Gasteiger partial charge in [0.2, 0.25) is 0 Å². The third-order valence-corrected chi connectivity index (χ3v) is 6.34. The van der Waals surface area contributed by atoms with Crippen LogP contribution in [0.5, 0.6) is 11.5 Å². The third-order valence-electron chi connectivity index (χ3n) is 6.34. The summed E-state index contributed by atoms with van der Waals surface area (Å²) in [7, 11) is 3.52. The van der Waals surface area contributed by atoms with Crippen molar-refractivity contribution in [1.82, 2.24) is 15.2 Å². The van der Waals surface area contributed by atoms with Crippen molar-refractivity contribution in [2.75, 3.05) is 27.3 Å². The Labute approximate surface area is 194 Å². The number of methoxy groups -OCH3 is 1. The SMILES string of the molecule is [2H]C1([2H])C([2H])([2H])C1(NC(=O)c1cc(OCC2CCN2C)ccc1C)c1cc(OC)cc2ncccc12. The van der Waals surface area contributed by atoms with E-state index in [0.717, 1.165) is 13.0 Å². The van der Waals surface area contributed by atoms with Crippen LogP contribution in [0, 0.1) is 6.92 Å². The molecule has 1 atom stereocenters. The van der Waals surface area contributed by atoms with Crippen molar-refractivity contribution >= 4 is 16.8 Å². The van der Waals surface area contributed by atoms with Crippen LogP contribution in [0.1, 0.15) is 46.1 Å². The molecule has 3 aromatic rings. The van der Waals surface area contributed by atoms with Gasteiger partial charge in [0, 0.05) is 34.7 Å². The molecule has 6 heteroatoms. The molecule has 2 fully saturated rings. The maximum atomic E-state index is 13.6. The second-order valence-electron chi connectivity index (χ2n) is 8.41. The zero-order valence-corrected chi connectivity index (χ0v) is 18.4. The Morgan fingerprint density at radius 3 is 2.81 bits per heavy atom. The number of likely N-dealkylation sites (tertiary alicyclic amines) is 1. The van der Waals surface area contributed by atoms with Crippen LogP contribution in [0.25, 0.3) is 10.9 Å². The van der Waals surface area contributed by atoms with Gasteiger partial charge >= 0.3 is 0 Å². The predicted octanol–water partition coefficient (Wildman–Crippen LogP) is 4.05. The summed E-state index contributed by atoms with van der Waals surface area (Å²) in [6.07, 6.45) is -2.09.